The lowest BCUT2D eigenvalue weighted by atomic mass is 9.95. The van der Waals surface area contributed by atoms with Gasteiger partial charge in [-0.05, 0) is 12.0 Å². The van der Waals surface area contributed by atoms with Crippen LogP contribution in [0.4, 0.5) is 8.78 Å². The first-order chi connectivity index (χ1) is 9.17. The average Bonchev–Trinajstić information content (AvgIpc) is 2.29. The first-order valence-electron chi connectivity index (χ1n) is 5.80. The van der Waals surface area contributed by atoms with E-state index in [4.69, 9.17) is 33.0 Å². The zero-order valence-corrected chi connectivity index (χ0v) is 12.4. The summed E-state index contributed by atoms with van der Waals surface area (Å²) in [5.41, 5.74) is -0.429. The van der Waals surface area contributed by atoms with Crippen molar-refractivity contribution in [3.63, 3.8) is 0 Å². The molecule has 112 valence electrons. The minimum Gasteiger partial charge on any atom is -0.495 e. The molecule has 0 saturated carbocycles. The van der Waals surface area contributed by atoms with Crippen LogP contribution < -0.4 is 4.74 Å². The smallest absolute Gasteiger partial charge is 0.303 e. The fraction of sp³-hybridized carbons (Fsp3) is 0.462. The van der Waals surface area contributed by atoms with Crippen LogP contribution in [0, 0.1) is 5.92 Å². The van der Waals surface area contributed by atoms with E-state index in [1.807, 2.05) is 0 Å². The van der Waals surface area contributed by atoms with Crippen LogP contribution >= 0.6 is 23.2 Å². The lowest BCUT2D eigenvalue weighted by Gasteiger charge is -2.22. The highest BCUT2D eigenvalue weighted by Crippen LogP contribution is 2.42. The Labute approximate surface area is 125 Å². The van der Waals surface area contributed by atoms with Gasteiger partial charge in [0.1, 0.15) is 5.75 Å². The molecule has 0 heterocycles. The highest BCUT2D eigenvalue weighted by Gasteiger charge is 2.36. The van der Waals surface area contributed by atoms with E-state index in [0.29, 0.717) is 0 Å². The monoisotopic (exact) mass is 326 g/mol. The number of ether oxygens (including phenoxy) is 1. The molecule has 0 radical (unpaired) electrons. The fourth-order valence-corrected chi connectivity index (χ4v) is 2.42. The number of benzene rings is 1. The third-order valence-electron chi connectivity index (χ3n) is 2.76. The summed E-state index contributed by atoms with van der Waals surface area (Å²) >= 11 is 11.6. The molecular formula is C13H14Cl2F2O3. The van der Waals surface area contributed by atoms with E-state index in [9.17, 15) is 13.6 Å². The fourth-order valence-electron chi connectivity index (χ4n) is 1.88. The summed E-state index contributed by atoms with van der Waals surface area (Å²) < 4.78 is 33.2. The molecule has 0 fully saturated rings. The summed E-state index contributed by atoms with van der Waals surface area (Å²) in [6.45, 7) is 1.45. The maximum atomic E-state index is 14.2. The molecule has 1 unspecified atom stereocenters. The molecule has 0 amide bonds. The van der Waals surface area contributed by atoms with Crippen LogP contribution in [-0.4, -0.2) is 18.2 Å². The van der Waals surface area contributed by atoms with Crippen LogP contribution in [0.2, 0.25) is 10.0 Å². The van der Waals surface area contributed by atoms with Gasteiger partial charge >= 0.3 is 5.97 Å². The minimum atomic E-state index is -3.26. The van der Waals surface area contributed by atoms with E-state index >= 15 is 0 Å². The van der Waals surface area contributed by atoms with Gasteiger partial charge in [0.2, 0.25) is 0 Å². The molecule has 7 heteroatoms. The van der Waals surface area contributed by atoms with Gasteiger partial charge in [0, 0.05) is 24.5 Å². The van der Waals surface area contributed by atoms with Crippen LogP contribution in [-0.2, 0) is 10.7 Å². The second kappa shape index (κ2) is 6.59. The van der Waals surface area contributed by atoms with Crippen molar-refractivity contribution in [3.05, 3.63) is 27.7 Å². The third kappa shape index (κ3) is 4.21. The first-order valence-corrected chi connectivity index (χ1v) is 6.56. The van der Waals surface area contributed by atoms with Crippen molar-refractivity contribution in [2.75, 3.05) is 7.11 Å². The Hall–Kier alpha value is -1.07. The van der Waals surface area contributed by atoms with Gasteiger partial charge < -0.3 is 9.84 Å². The lowest BCUT2D eigenvalue weighted by Crippen LogP contribution is -2.19. The van der Waals surface area contributed by atoms with Crippen molar-refractivity contribution >= 4 is 29.2 Å². The number of rotatable bonds is 6. The molecule has 0 aliphatic heterocycles. The van der Waals surface area contributed by atoms with Crippen LogP contribution in [0.15, 0.2) is 12.1 Å². The molecule has 0 saturated heterocycles. The zero-order chi connectivity index (χ0) is 15.5. The van der Waals surface area contributed by atoms with Crippen LogP contribution in [0.3, 0.4) is 0 Å². The summed E-state index contributed by atoms with van der Waals surface area (Å²) in [7, 11) is 1.35. The summed E-state index contributed by atoms with van der Waals surface area (Å²) in [6, 6.07) is 2.27. The summed E-state index contributed by atoms with van der Waals surface area (Å²) in [5.74, 6) is -4.87. The molecule has 3 nitrogen and oxygen atoms in total. The van der Waals surface area contributed by atoms with Crippen molar-refractivity contribution in [1.29, 1.82) is 0 Å². The lowest BCUT2D eigenvalue weighted by molar-refractivity contribution is -0.138. The highest BCUT2D eigenvalue weighted by atomic mass is 35.5. The van der Waals surface area contributed by atoms with E-state index in [-0.39, 0.29) is 22.2 Å². The number of hydrogen-bond donors (Lipinski definition) is 1. The number of halogens is 4. The maximum absolute atomic E-state index is 14.2. The molecular weight excluding hydrogens is 313 g/mol. The summed E-state index contributed by atoms with van der Waals surface area (Å²) in [6.07, 6.45) is -0.960. The number of carboxylic acid groups (broad SMARTS) is 1. The van der Waals surface area contributed by atoms with Gasteiger partial charge in [-0.2, -0.15) is 0 Å². The molecule has 0 aromatic heterocycles. The van der Waals surface area contributed by atoms with Gasteiger partial charge in [-0.1, -0.05) is 30.1 Å². The van der Waals surface area contributed by atoms with Crippen molar-refractivity contribution in [2.24, 2.45) is 5.92 Å². The average molecular weight is 327 g/mol. The van der Waals surface area contributed by atoms with Crippen molar-refractivity contribution < 1.29 is 23.4 Å². The standard InChI is InChI=1S/C13H14Cl2F2O3/c1-7(3-12(18)19)6-13(16,17)8-4-10(15)11(20-2)5-9(8)14/h4-5,7H,3,6H2,1-2H3,(H,18,19). The Bertz CT molecular complexity index is 507. The number of methoxy groups -OCH3 is 1. The van der Waals surface area contributed by atoms with Crippen molar-refractivity contribution in [2.45, 2.75) is 25.7 Å². The van der Waals surface area contributed by atoms with E-state index in [2.05, 4.69) is 0 Å². The third-order valence-corrected chi connectivity index (χ3v) is 3.37. The van der Waals surface area contributed by atoms with Crippen LogP contribution in [0.25, 0.3) is 0 Å². The maximum Gasteiger partial charge on any atom is 0.303 e. The van der Waals surface area contributed by atoms with Gasteiger partial charge in [-0.15, -0.1) is 0 Å². The zero-order valence-electron chi connectivity index (χ0n) is 10.9. The predicted molar refractivity (Wildman–Crippen MR) is 72.9 cm³/mol. The quantitative estimate of drug-likeness (QED) is 0.831. The van der Waals surface area contributed by atoms with E-state index < -0.39 is 29.8 Å². The predicted octanol–water partition coefficient (Wildman–Crippen LogP) is 4.59. The van der Waals surface area contributed by atoms with Gasteiger partial charge in [-0.25, -0.2) is 8.78 Å². The second-order valence-electron chi connectivity index (χ2n) is 4.58. The normalized spacial score (nSPS) is 13.1. The Morgan fingerprint density at radius 1 is 1.40 bits per heavy atom. The molecule has 1 aromatic carbocycles. The molecule has 0 aliphatic carbocycles. The SMILES string of the molecule is COc1cc(Cl)c(C(F)(F)CC(C)CC(=O)O)cc1Cl. The largest absolute Gasteiger partial charge is 0.495 e. The van der Waals surface area contributed by atoms with Gasteiger partial charge in [0.05, 0.1) is 17.2 Å². The van der Waals surface area contributed by atoms with Crippen LogP contribution in [0.1, 0.15) is 25.3 Å². The number of alkyl halides is 2. The highest BCUT2D eigenvalue weighted by molar-refractivity contribution is 6.34. The van der Waals surface area contributed by atoms with Gasteiger partial charge in [0.15, 0.2) is 0 Å². The molecule has 0 spiro atoms. The molecule has 1 atom stereocenters. The van der Waals surface area contributed by atoms with Gasteiger partial charge in [0.25, 0.3) is 5.92 Å². The molecule has 0 aliphatic rings. The van der Waals surface area contributed by atoms with E-state index in [1.54, 1.807) is 0 Å². The molecule has 20 heavy (non-hydrogen) atoms. The van der Waals surface area contributed by atoms with Crippen molar-refractivity contribution in [1.82, 2.24) is 0 Å². The van der Waals surface area contributed by atoms with Gasteiger partial charge in [-0.3, -0.25) is 4.79 Å². The van der Waals surface area contributed by atoms with Crippen LogP contribution in [0.5, 0.6) is 5.75 Å². The minimum absolute atomic E-state index is 0.0254. The second-order valence-corrected chi connectivity index (χ2v) is 5.39. The number of carbonyl (C=O) groups is 1. The Balaban J connectivity index is 3.03. The summed E-state index contributed by atoms with van der Waals surface area (Å²) in [4.78, 5) is 10.5. The summed E-state index contributed by atoms with van der Waals surface area (Å²) in [5, 5.41) is 8.47. The Morgan fingerprint density at radius 2 is 2.00 bits per heavy atom. The van der Waals surface area contributed by atoms with E-state index in [0.717, 1.165) is 6.07 Å². The molecule has 1 aromatic rings. The molecule has 1 rings (SSSR count). The topological polar surface area (TPSA) is 46.5 Å². The van der Waals surface area contributed by atoms with Crippen molar-refractivity contribution in [3.8, 4) is 5.75 Å². The molecule has 1 N–H and O–H groups in total. The number of hydrogen-bond acceptors (Lipinski definition) is 2. The Morgan fingerprint density at radius 3 is 2.50 bits per heavy atom. The molecule has 0 bridgehead atoms. The van der Waals surface area contributed by atoms with E-state index in [1.165, 1.54) is 20.1 Å². The first kappa shape index (κ1) is 17.0. The Kier molecular flexibility index (Phi) is 5.59. The number of carboxylic acids is 1. The number of aliphatic carboxylic acids is 1.